The Labute approximate surface area is 275 Å². The van der Waals surface area contributed by atoms with Crippen LogP contribution in [0.1, 0.15) is 119 Å². The number of rotatable bonds is 3. The quantitative estimate of drug-likeness (QED) is 0.236. The van der Waals surface area contributed by atoms with Crippen molar-refractivity contribution in [3.8, 4) is 0 Å². The van der Waals surface area contributed by atoms with E-state index in [1.807, 2.05) is 6.08 Å². The first-order chi connectivity index (χ1) is 21.4. The highest BCUT2D eigenvalue weighted by Crippen LogP contribution is 2.75. The number of allylic oxidation sites excluding steroid dienone is 2. The fourth-order valence-electron chi connectivity index (χ4n) is 12.4. The van der Waals surface area contributed by atoms with Crippen molar-refractivity contribution in [1.82, 2.24) is 4.90 Å². The standard InChI is InChI=1S/C38H57NO7/c1-33(2)27-12-15-38(7)29(36(27,5)14-13-28(33)46-32(43)39-20-10-11-25(39)30(41)44-8)26(40)21-23-24-22-35(4,31(42)45-9)17-16-34(24,3)18-19-37(23,38)6/h21,24-25,27-29H,10-20,22H2,1-9H3/t24?,25?,27-,28-,29+,34+,35-,36-,37+,38+/m0/s1. The Morgan fingerprint density at radius 2 is 1.54 bits per heavy atom. The monoisotopic (exact) mass is 639 g/mol. The second-order valence-electron chi connectivity index (χ2n) is 17.9. The molecule has 0 bridgehead atoms. The summed E-state index contributed by atoms with van der Waals surface area (Å²) >= 11 is 0. The average molecular weight is 640 g/mol. The average Bonchev–Trinajstić information content (AvgIpc) is 3.50. The van der Waals surface area contributed by atoms with Crippen LogP contribution in [-0.4, -0.2) is 61.6 Å². The van der Waals surface area contributed by atoms with E-state index in [4.69, 9.17) is 14.2 Å². The van der Waals surface area contributed by atoms with Crippen molar-refractivity contribution in [1.29, 1.82) is 0 Å². The van der Waals surface area contributed by atoms with E-state index in [9.17, 15) is 19.2 Å². The maximum absolute atomic E-state index is 14.7. The van der Waals surface area contributed by atoms with Gasteiger partial charge in [0.1, 0.15) is 12.1 Å². The van der Waals surface area contributed by atoms with Gasteiger partial charge in [-0.25, -0.2) is 9.59 Å². The van der Waals surface area contributed by atoms with Crippen LogP contribution in [0.25, 0.3) is 0 Å². The van der Waals surface area contributed by atoms with E-state index in [2.05, 4.69) is 48.5 Å². The summed E-state index contributed by atoms with van der Waals surface area (Å²) in [7, 11) is 2.85. The lowest BCUT2D eigenvalue weighted by Gasteiger charge is -2.70. The molecule has 0 radical (unpaired) electrons. The fraction of sp³-hybridized carbons (Fsp3) is 0.842. The molecule has 8 nitrogen and oxygen atoms in total. The molecule has 5 fully saturated rings. The predicted molar refractivity (Wildman–Crippen MR) is 173 cm³/mol. The van der Waals surface area contributed by atoms with Gasteiger partial charge in [0.15, 0.2) is 5.78 Å². The third-order valence-corrected chi connectivity index (χ3v) is 15.4. The molecule has 0 aromatic rings. The lowest BCUT2D eigenvalue weighted by Crippen LogP contribution is -2.67. The van der Waals surface area contributed by atoms with Crippen molar-refractivity contribution < 1.29 is 33.4 Å². The van der Waals surface area contributed by atoms with E-state index in [0.29, 0.717) is 19.4 Å². The second kappa shape index (κ2) is 10.8. The van der Waals surface area contributed by atoms with Crippen LogP contribution in [0.4, 0.5) is 4.79 Å². The van der Waals surface area contributed by atoms with Crippen LogP contribution >= 0.6 is 0 Å². The van der Waals surface area contributed by atoms with E-state index >= 15 is 0 Å². The van der Waals surface area contributed by atoms with Crippen LogP contribution in [-0.2, 0) is 28.6 Å². The highest BCUT2D eigenvalue weighted by Gasteiger charge is 2.70. The highest BCUT2D eigenvalue weighted by molar-refractivity contribution is 5.95. The van der Waals surface area contributed by atoms with Crippen molar-refractivity contribution >= 4 is 23.8 Å². The molecule has 5 aliphatic carbocycles. The van der Waals surface area contributed by atoms with Crippen molar-refractivity contribution in [2.24, 2.45) is 50.2 Å². The Bertz CT molecular complexity index is 1350. The first-order valence-electron chi connectivity index (χ1n) is 17.8. The SMILES string of the molecule is COC(=O)C1CCCN1C(=O)O[C@H]1CC[C@]2(C)[C@H]3C(=O)C=C4C5C[C@@](C)(C(=O)OC)CC[C@]5(C)CC[C@@]4(C)[C@]3(C)CC[C@H]2C1(C)C. The summed E-state index contributed by atoms with van der Waals surface area (Å²) in [5, 5.41) is 0. The molecule has 1 heterocycles. The summed E-state index contributed by atoms with van der Waals surface area (Å²) in [6, 6.07) is -0.585. The third-order valence-electron chi connectivity index (χ3n) is 15.4. The number of amides is 1. The van der Waals surface area contributed by atoms with E-state index in [1.54, 1.807) is 4.90 Å². The predicted octanol–water partition coefficient (Wildman–Crippen LogP) is 7.28. The minimum Gasteiger partial charge on any atom is -0.469 e. The molecular formula is C38H57NO7. The molecule has 6 aliphatic rings. The maximum atomic E-state index is 14.7. The number of ketones is 1. The van der Waals surface area contributed by atoms with Gasteiger partial charge in [0.05, 0.1) is 19.6 Å². The molecule has 2 unspecified atom stereocenters. The molecule has 1 aliphatic heterocycles. The maximum Gasteiger partial charge on any atom is 0.410 e. The molecule has 4 saturated carbocycles. The molecule has 0 aromatic heterocycles. The van der Waals surface area contributed by atoms with Gasteiger partial charge in [-0.2, -0.15) is 0 Å². The zero-order chi connectivity index (χ0) is 33.7. The number of hydrogen-bond donors (Lipinski definition) is 0. The molecule has 8 heteroatoms. The molecule has 0 spiro atoms. The lowest BCUT2D eigenvalue weighted by molar-refractivity contribution is -0.203. The molecule has 6 rings (SSSR count). The summed E-state index contributed by atoms with van der Waals surface area (Å²) in [6.45, 7) is 16.5. The van der Waals surface area contributed by atoms with Gasteiger partial charge in [-0.05, 0) is 117 Å². The van der Waals surface area contributed by atoms with Gasteiger partial charge in [-0.15, -0.1) is 0 Å². The summed E-state index contributed by atoms with van der Waals surface area (Å²) in [6.07, 6.45) is 10.8. The summed E-state index contributed by atoms with van der Waals surface area (Å²) in [5.41, 5.74) is -0.0876. The summed E-state index contributed by atoms with van der Waals surface area (Å²) < 4.78 is 16.5. The molecule has 256 valence electrons. The number of carbonyl (C=O) groups is 4. The minimum atomic E-state index is -0.585. The Balaban J connectivity index is 1.30. The summed E-state index contributed by atoms with van der Waals surface area (Å²) in [5.74, 6) is -0.00595. The van der Waals surface area contributed by atoms with E-state index < -0.39 is 17.6 Å². The molecule has 10 atom stereocenters. The molecule has 1 saturated heterocycles. The van der Waals surface area contributed by atoms with E-state index in [1.165, 1.54) is 19.8 Å². The molecule has 0 aromatic carbocycles. The van der Waals surface area contributed by atoms with Crippen LogP contribution in [0.15, 0.2) is 11.6 Å². The van der Waals surface area contributed by atoms with Gasteiger partial charge < -0.3 is 14.2 Å². The Kier molecular flexibility index (Phi) is 7.88. The third kappa shape index (κ3) is 4.49. The number of nitrogens with zero attached hydrogens (tertiary/aromatic N) is 1. The summed E-state index contributed by atoms with van der Waals surface area (Å²) in [4.78, 5) is 55.0. The van der Waals surface area contributed by atoms with Gasteiger partial charge in [0, 0.05) is 17.9 Å². The fourth-order valence-corrected chi connectivity index (χ4v) is 12.4. The smallest absolute Gasteiger partial charge is 0.410 e. The Morgan fingerprint density at radius 1 is 0.848 bits per heavy atom. The normalized spacial score (nSPS) is 46.1. The highest BCUT2D eigenvalue weighted by atomic mass is 16.6. The van der Waals surface area contributed by atoms with Gasteiger partial charge in [0.2, 0.25) is 0 Å². The lowest BCUT2D eigenvalue weighted by atomic mass is 9.33. The zero-order valence-electron chi connectivity index (χ0n) is 29.8. The number of carbonyl (C=O) groups excluding carboxylic acids is 4. The number of hydrogen-bond acceptors (Lipinski definition) is 7. The van der Waals surface area contributed by atoms with Gasteiger partial charge in [-0.3, -0.25) is 14.5 Å². The Morgan fingerprint density at radius 3 is 2.22 bits per heavy atom. The molecule has 46 heavy (non-hydrogen) atoms. The number of ether oxygens (including phenoxy) is 3. The van der Waals surface area contributed by atoms with Gasteiger partial charge >= 0.3 is 18.0 Å². The van der Waals surface area contributed by atoms with Crippen LogP contribution in [0.2, 0.25) is 0 Å². The van der Waals surface area contributed by atoms with Crippen molar-refractivity contribution in [3.05, 3.63) is 11.6 Å². The number of fused-ring (bicyclic) bond motifs is 7. The Hall–Kier alpha value is -2.38. The second-order valence-corrected chi connectivity index (χ2v) is 17.9. The molecular weight excluding hydrogens is 582 g/mol. The first kappa shape index (κ1) is 33.5. The van der Waals surface area contributed by atoms with Crippen LogP contribution < -0.4 is 0 Å². The van der Waals surface area contributed by atoms with Gasteiger partial charge in [0.25, 0.3) is 0 Å². The minimum absolute atomic E-state index is 0.0790. The van der Waals surface area contributed by atoms with Crippen LogP contribution in [0.5, 0.6) is 0 Å². The first-order valence-corrected chi connectivity index (χ1v) is 17.8. The van der Waals surface area contributed by atoms with Crippen LogP contribution in [0.3, 0.4) is 0 Å². The number of methoxy groups -OCH3 is 2. The number of esters is 2. The van der Waals surface area contributed by atoms with E-state index in [-0.39, 0.29) is 68.7 Å². The number of likely N-dealkylation sites (tertiary alicyclic amines) is 1. The topological polar surface area (TPSA) is 99.2 Å². The largest absolute Gasteiger partial charge is 0.469 e. The van der Waals surface area contributed by atoms with E-state index in [0.717, 1.165) is 57.8 Å². The van der Waals surface area contributed by atoms with Gasteiger partial charge in [-0.1, -0.05) is 47.1 Å². The van der Waals surface area contributed by atoms with Crippen molar-refractivity contribution in [2.75, 3.05) is 20.8 Å². The van der Waals surface area contributed by atoms with Crippen molar-refractivity contribution in [2.45, 2.75) is 131 Å². The van der Waals surface area contributed by atoms with Crippen LogP contribution in [0, 0.1) is 50.2 Å². The molecule has 0 N–H and O–H groups in total. The molecule has 1 amide bonds. The van der Waals surface area contributed by atoms with Crippen molar-refractivity contribution in [3.63, 3.8) is 0 Å². The zero-order valence-corrected chi connectivity index (χ0v) is 29.8.